The summed E-state index contributed by atoms with van der Waals surface area (Å²) in [5.74, 6) is 1.85. The summed E-state index contributed by atoms with van der Waals surface area (Å²) in [4.78, 5) is 4.18. The Bertz CT molecular complexity index is 193. The van der Waals surface area contributed by atoms with E-state index in [-0.39, 0.29) is 0 Å². The van der Waals surface area contributed by atoms with Crippen LogP contribution in [0.15, 0.2) is 0 Å². The van der Waals surface area contributed by atoms with E-state index >= 15 is 0 Å². The SMILES string of the molecule is CC.CCCCc1n[nH]c(C)n1. The molecular weight excluding hydrogens is 150 g/mol. The zero-order chi connectivity index (χ0) is 9.40. The number of aromatic nitrogens is 3. The number of nitrogens with one attached hydrogen (secondary N) is 1. The van der Waals surface area contributed by atoms with Crippen LogP contribution in [-0.4, -0.2) is 15.2 Å². The predicted molar refractivity (Wildman–Crippen MR) is 51.1 cm³/mol. The van der Waals surface area contributed by atoms with E-state index in [0.29, 0.717) is 0 Å². The topological polar surface area (TPSA) is 41.6 Å². The molecule has 0 saturated carbocycles. The highest BCUT2D eigenvalue weighted by Crippen LogP contribution is 1.97. The zero-order valence-electron chi connectivity index (χ0n) is 8.52. The van der Waals surface area contributed by atoms with Crippen LogP contribution in [0, 0.1) is 6.92 Å². The van der Waals surface area contributed by atoms with Crippen molar-refractivity contribution >= 4 is 0 Å². The van der Waals surface area contributed by atoms with E-state index < -0.39 is 0 Å². The van der Waals surface area contributed by atoms with Gasteiger partial charge in [-0.3, -0.25) is 5.10 Å². The molecule has 0 amide bonds. The molecule has 0 fully saturated rings. The lowest BCUT2D eigenvalue weighted by Crippen LogP contribution is -1.86. The van der Waals surface area contributed by atoms with Crippen LogP contribution < -0.4 is 0 Å². The number of nitrogens with zero attached hydrogens (tertiary/aromatic N) is 2. The average Bonchev–Trinajstić information content (AvgIpc) is 2.51. The molecule has 0 saturated heterocycles. The number of H-pyrrole nitrogens is 1. The van der Waals surface area contributed by atoms with E-state index in [4.69, 9.17) is 0 Å². The fraction of sp³-hybridized carbons (Fsp3) is 0.778. The molecule has 3 heteroatoms. The summed E-state index contributed by atoms with van der Waals surface area (Å²) >= 11 is 0. The molecule has 3 nitrogen and oxygen atoms in total. The predicted octanol–water partition coefficient (Wildman–Crippen LogP) is 2.48. The molecule has 1 heterocycles. The van der Waals surface area contributed by atoms with Gasteiger partial charge in [-0.05, 0) is 13.3 Å². The molecular formula is C9H19N3. The third kappa shape index (κ3) is 4.11. The van der Waals surface area contributed by atoms with Crippen LogP contribution in [0.4, 0.5) is 0 Å². The average molecular weight is 169 g/mol. The van der Waals surface area contributed by atoms with Gasteiger partial charge in [0.1, 0.15) is 5.82 Å². The van der Waals surface area contributed by atoms with Crippen molar-refractivity contribution in [3.05, 3.63) is 11.6 Å². The molecule has 12 heavy (non-hydrogen) atoms. The molecule has 70 valence electrons. The second-order valence-corrected chi connectivity index (χ2v) is 2.44. The molecule has 1 rings (SSSR count). The number of hydrogen-bond acceptors (Lipinski definition) is 2. The summed E-state index contributed by atoms with van der Waals surface area (Å²) in [7, 11) is 0. The van der Waals surface area contributed by atoms with Crippen LogP contribution in [-0.2, 0) is 6.42 Å². The molecule has 0 atom stereocenters. The summed E-state index contributed by atoms with van der Waals surface area (Å²) in [6, 6.07) is 0. The van der Waals surface area contributed by atoms with Crippen LogP contribution in [0.2, 0.25) is 0 Å². The van der Waals surface area contributed by atoms with Crippen LogP contribution in [0.25, 0.3) is 0 Å². The first-order valence-electron chi connectivity index (χ1n) is 4.71. The third-order valence-electron chi connectivity index (χ3n) is 1.40. The first-order chi connectivity index (χ1) is 5.83. The summed E-state index contributed by atoms with van der Waals surface area (Å²) in [5, 5.41) is 6.83. The highest BCUT2D eigenvalue weighted by Gasteiger charge is 1.96. The fourth-order valence-corrected chi connectivity index (χ4v) is 0.836. The lowest BCUT2D eigenvalue weighted by Gasteiger charge is -1.88. The minimum atomic E-state index is 0.908. The molecule has 0 aliphatic carbocycles. The van der Waals surface area contributed by atoms with Crippen molar-refractivity contribution in [3.63, 3.8) is 0 Å². The first kappa shape index (κ1) is 11.1. The number of rotatable bonds is 3. The van der Waals surface area contributed by atoms with Crippen LogP contribution in [0.5, 0.6) is 0 Å². The maximum Gasteiger partial charge on any atom is 0.150 e. The summed E-state index contributed by atoms with van der Waals surface area (Å²) in [6.45, 7) is 8.09. The van der Waals surface area contributed by atoms with Crippen molar-refractivity contribution in [3.8, 4) is 0 Å². The van der Waals surface area contributed by atoms with Gasteiger partial charge < -0.3 is 0 Å². The highest BCUT2D eigenvalue weighted by molar-refractivity contribution is 4.86. The van der Waals surface area contributed by atoms with Crippen molar-refractivity contribution in [2.45, 2.75) is 47.0 Å². The molecule has 0 radical (unpaired) electrons. The van der Waals surface area contributed by atoms with Crippen LogP contribution in [0.3, 0.4) is 0 Å². The molecule has 1 aromatic rings. The van der Waals surface area contributed by atoms with Gasteiger partial charge >= 0.3 is 0 Å². The van der Waals surface area contributed by atoms with Gasteiger partial charge in [0.15, 0.2) is 5.82 Å². The van der Waals surface area contributed by atoms with Gasteiger partial charge in [0, 0.05) is 6.42 Å². The second-order valence-electron chi connectivity index (χ2n) is 2.44. The third-order valence-corrected chi connectivity index (χ3v) is 1.40. The molecule has 0 bridgehead atoms. The molecule has 1 aromatic heterocycles. The Labute approximate surface area is 74.6 Å². The lowest BCUT2D eigenvalue weighted by molar-refractivity contribution is 0.755. The largest absolute Gasteiger partial charge is 0.263 e. The quantitative estimate of drug-likeness (QED) is 0.755. The van der Waals surface area contributed by atoms with E-state index in [1.54, 1.807) is 0 Å². The Morgan fingerprint density at radius 2 is 2.00 bits per heavy atom. The molecule has 0 spiro atoms. The Morgan fingerprint density at radius 3 is 2.42 bits per heavy atom. The van der Waals surface area contributed by atoms with Crippen molar-refractivity contribution in [2.24, 2.45) is 0 Å². The van der Waals surface area contributed by atoms with Gasteiger partial charge in [-0.15, -0.1) is 0 Å². The molecule has 0 aliphatic rings. The normalized spacial score (nSPS) is 9.00. The van der Waals surface area contributed by atoms with Crippen LogP contribution >= 0.6 is 0 Å². The Balaban J connectivity index is 0.000000561. The van der Waals surface area contributed by atoms with Gasteiger partial charge in [-0.25, -0.2) is 4.98 Å². The Kier molecular flexibility index (Phi) is 6.34. The van der Waals surface area contributed by atoms with E-state index in [0.717, 1.165) is 18.1 Å². The Morgan fingerprint density at radius 1 is 1.33 bits per heavy atom. The monoisotopic (exact) mass is 169 g/mol. The van der Waals surface area contributed by atoms with Crippen molar-refractivity contribution in [1.29, 1.82) is 0 Å². The van der Waals surface area contributed by atoms with Gasteiger partial charge in [0.25, 0.3) is 0 Å². The molecule has 0 unspecified atom stereocenters. The molecule has 0 aliphatic heterocycles. The molecule has 0 aromatic carbocycles. The minimum absolute atomic E-state index is 0.908. The number of hydrogen-bond donors (Lipinski definition) is 1. The summed E-state index contributed by atoms with van der Waals surface area (Å²) in [6.07, 6.45) is 3.38. The zero-order valence-corrected chi connectivity index (χ0v) is 8.52. The maximum atomic E-state index is 4.18. The van der Waals surface area contributed by atoms with E-state index in [9.17, 15) is 0 Å². The van der Waals surface area contributed by atoms with Gasteiger partial charge in [0.2, 0.25) is 0 Å². The number of aryl methyl sites for hydroxylation is 2. The Hall–Kier alpha value is -0.860. The van der Waals surface area contributed by atoms with E-state index in [1.165, 1.54) is 12.8 Å². The minimum Gasteiger partial charge on any atom is -0.263 e. The maximum absolute atomic E-state index is 4.18. The van der Waals surface area contributed by atoms with Crippen LogP contribution in [0.1, 0.15) is 45.3 Å². The van der Waals surface area contributed by atoms with Gasteiger partial charge in [-0.2, -0.15) is 5.10 Å². The van der Waals surface area contributed by atoms with Gasteiger partial charge in [0.05, 0.1) is 0 Å². The fourth-order valence-electron chi connectivity index (χ4n) is 0.836. The van der Waals surface area contributed by atoms with Crippen molar-refractivity contribution in [2.75, 3.05) is 0 Å². The van der Waals surface area contributed by atoms with Crippen molar-refractivity contribution < 1.29 is 0 Å². The first-order valence-corrected chi connectivity index (χ1v) is 4.71. The summed E-state index contributed by atoms with van der Waals surface area (Å²) < 4.78 is 0. The van der Waals surface area contributed by atoms with Gasteiger partial charge in [-0.1, -0.05) is 27.2 Å². The smallest absolute Gasteiger partial charge is 0.150 e. The standard InChI is InChI=1S/C7H13N3.C2H6/c1-3-4-5-7-8-6(2)9-10-7;1-2/h3-5H2,1-2H3,(H,8,9,10);1-2H3. The second kappa shape index (κ2) is 6.83. The highest BCUT2D eigenvalue weighted by atomic mass is 15.2. The lowest BCUT2D eigenvalue weighted by atomic mass is 10.2. The van der Waals surface area contributed by atoms with Crippen molar-refractivity contribution in [1.82, 2.24) is 15.2 Å². The summed E-state index contributed by atoms with van der Waals surface area (Å²) in [5.41, 5.74) is 0. The number of unbranched alkanes of at least 4 members (excludes halogenated alkanes) is 1. The molecule has 1 N–H and O–H groups in total. The van der Waals surface area contributed by atoms with E-state index in [1.807, 2.05) is 20.8 Å². The number of aromatic amines is 1. The van der Waals surface area contributed by atoms with E-state index in [2.05, 4.69) is 22.1 Å².